The second kappa shape index (κ2) is 5.87. The average molecular weight is 403 g/mol. The summed E-state index contributed by atoms with van der Waals surface area (Å²) in [5, 5.41) is 1.02. The molecule has 0 bridgehead atoms. The van der Waals surface area contributed by atoms with Crippen LogP contribution in [0.1, 0.15) is 12.0 Å². The number of hydrogen-bond donors (Lipinski definition) is 0. The summed E-state index contributed by atoms with van der Waals surface area (Å²) in [6.07, 6.45) is 0.891. The highest BCUT2D eigenvalue weighted by Crippen LogP contribution is 2.37. The lowest BCUT2D eigenvalue weighted by molar-refractivity contribution is 0.302. The van der Waals surface area contributed by atoms with Gasteiger partial charge in [0, 0.05) is 28.3 Å². The summed E-state index contributed by atoms with van der Waals surface area (Å²) in [6.45, 7) is 3.08. The number of rotatable bonds is 3. The maximum absolute atomic E-state index is 13.0. The number of halogens is 1. The van der Waals surface area contributed by atoms with Gasteiger partial charge >= 0.3 is 0 Å². The van der Waals surface area contributed by atoms with Crippen molar-refractivity contribution < 1.29 is 8.42 Å². The zero-order valence-electron chi connectivity index (χ0n) is 12.8. The lowest BCUT2D eigenvalue weighted by Crippen LogP contribution is -2.34. The van der Waals surface area contributed by atoms with Crippen LogP contribution in [0.5, 0.6) is 0 Å². The summed E-state index contributed by atoms with van der Waals surface area (Å²) < 4.78 is 30.1. The molecule has 0 amide bonds. The Morgan fingerprint density at radius 2 is 2.09 bits per heavy atom. The van der Waals surface area contributed by atoms with Crippen LogP contribution >= 0.6 is 27.3 Å². The third-order valence-electron chi connectivity index (χ3n) is 4.29. The lowest BCUT2D eigenvalue weighted by atomic mass is 10.2. The summed E-state index contributed by atoms with van der Waals surface area (Å²) in [7, 11) is 0.605. The standard InChI is InChI=1S/C15H19BrN2O2S2/c1-10-13-8-11(16)4-5-14(13)21-15(10)22(19,20)18-7-6-12(9-18)17(2)3/h4-5,8,12H,6-7,9H2,1-3H3/t12-/m1/s1. The van der Waals surface area contributed by atoms with E-state index in [2.05, 4.69) is 20.8 Å². The summed E-state index contributed by atoms with van der Waals surface area (Å²) >= 11 is 4.83. The largest absolute Gasteiger partial charge is 0.305 e. The van der Waals surface area contributed by atoms with Crippen LogP contribution in [0, 0.1) is 6.92 Å². The Kier molecular flexibility index (Phi) is 4.37. The first kappa shape index (κ1) is 16.4. The molecule has 0 radical (unpaired) electrons. The number of aryl methyl sites for hydroxylation is 1. The normalized spacial score (nSPS) is 20.3. The topological polar surface area (TPSA) is 40.6 Å². The summed E-state index contributed by atoms with van der Waals surface area (Å²) in [4.78, 5) is 2.10. The molecule has 120 valence electrons. The van der Waals surface area contributed by atoms with Crippen molar-refractivity contribution in [3.8, 4) is 0 Å². The Hall–Kier alpha value is -0.470. The van der Waals surface area contributed by atoms with Crippen molar-refractivity contribution in [2.75, 3.05) is 27.2 Å². The first-order chi connectivity index (χ1) is 10.3. The molecular formula is C15H19BrN2O2S2. The number of hydrogen-bond acceptors (Lipinski definition) is 4. The van der Waals surface area contributed by atoms with E-state index < -0.39 is 10.0 Å². The first-order valence-corrected chi connectivity index (χ1v) is 10.2. The van der Waals surface area contributed by atoms with E-state index in [1.54, 1.807) is 4.31 Å². The molecule has 2 heterocycles. The van der Waals surface area contributed by atoms with Crippen LogP contribution in [0.2, 0.25) is 0 Å². The van der Waals surface area contributed by atoms with Crippen LogP contribution in [-0.4, -0.2) is 50.8 Å². The van der Waals surface area contributed by atoms with Gasteiger partial charge < -0.3 is 4.90 Å². The van der Waals surface area contributed by atoms with E-state index in [0.717, 1.165) is 26.5 Å². The first-order valence-electron chi connectivity index (χ1n) is 7.16. The monoisotopic (exact) mass is 402 g/mol. The number of likely N-dealkylation sites (N-methyl/N-ethyl adjacent to an activating group) is 1. The van der Waals surface area contributed by atoms with Crippen LogP contribution in [0.3, 0.4) is 0 Å². The Bertz CT molecular complexity index is 814. The minimum absolute atomic E-state index is 0.304. The molecule has 1 fully saturated rings. The number of benzene rings is 1. The molecule has 2 aromatic rings. The van der Waals surface area contributed by atoms with Crippen molar-refractivity contribution in [2.24, 2.45) is 0 Å². The molecule has 1 aromatic heterocycles. The van der Waals surface area contributed by atoms with E-state index in [0.29, 0.717) is 23.3 Å². The molecule has 1 aromatic carbocycles. The predicted molar refractivity (Wildman–Crippen MR) is 95.1 cm³/mol. The number of nitrogens with zero attached hydrogens (tertiary/aromatic N) is 2. The Balaban J connectivity index is 2.01. The van der Waals surface area contributed by atoms with Gasteiger partial charge in [-0.05, 0) is 56.6 Å². The van der Waals surface area contributed by atoms with Crippen LogP contribution < -0.4 is 0 Å². The van der Waals surface area contributed by atoms with Crippen molar-refractivity contribution in [2.45, 2.75) is 23.6 Å². The molecule has 1 aliphatic rings. The van der Waals surface area contributed by atoms with Crippen molar-refractivity contribution in [3.63, 3.8) is 0 Å². The third-order valence-corrected chi connectivity index (χ3v) is 8.51. The average Bonchev–Trinajstić information content (AvgIpc) is 3.05. The summed E-state index contributed by atoms with van der Waals surface area (Å²) in [5.41, 5.74) is 0.856. The molecule has 1 aliphatic heterocycles. The molecule has 0 spiro atoms. The minimum atomic E-state index is -3.40. The molecule has 4 nitrogen and oxygen atoms in total. The second-order valence-electron chi connectivity index (χ2n) is 5.92. The minimum Gasteiger partial charge on any atom is -0.305 e. The van der Waals surface area contributed by atoms with Crippen molar-refractivity contribution in [1.29, 1.82) is 0 Å². The van der Waals surface area contributed by atoms with Crippen molar-refractivity contribution in [1.82, 2.24) is 9.21 Å². The number of fused-ring (bicyclic) bond motifs is 1. The highest BCUT2D eigenvalue weighted by Gasteiger charge is 2.35. The number of sulfonamides is 1. The van der Waals surface area contributed by atoms with Gasteiger partial charge in [0.15, 0.2) is 0 Å². The molecule has 7 heteroatoms. The van der Waals surface area contributed by atoms with E-state index in [4.69, 9.17) is 0 Å². The summed E-state index contributed by atoms with van der Waals surface area (Å²) in [6, 6.07) is 6.22. The van der Waals surface area contributed by atoms with Crippen molar-refractivity contribution >= 4 is 47.4 Å². The molecule has 0 saturated carbocycles. The van der Waals surface area contributed by atoms with Crippen molar-refractivity contribution in [3.05, 3.63) is 28.2 Å². The smallest absolute Gasteiger partial charge is 0.252 e. The van der Waals surface area contributed by atoms with Gasteiger partial charge in [0.2, 0.25) is 0 Å². The van der Waals surface area contributed by atoms with E-state index >= 15 is 0 Å². The maximum atomic E-state index is 13.0. The number of thiophene rings is 1. The Morgan fingerprint density at radius 3 is 2.73 bits per heavy atom. The van der Waals surface area contributed by atoms with Gasteiger partial charge in [-0.1, -0.05) is 15.9 Å². The van der Waals surface area contributed by atoms with Crippen LogP contribution in [0.25, 0.3) is 10.1 Å². The lowest BCUT2D eigenvalue weighted by Gasteiger charge is -2.20. The van der Waals surface area contributed by atoms with E-state index in [9.17, 15) is 8.42 Å². The molecule has 0 unspecified atom stereocenters. The van der Waals surface area contributed by atoms with Crippen LogP contribution in [0.4, 0.5) is 0 Å². The van der Waals surface area contributed by atoms with Gasteiger partial charge in [-0.25, -0.2) is 8.42 Å². The maximum Gasteiger partial charge on any atom is 0.252 e. The highest BCUT2D eigenvalue weighted by atomic mass is 79.9. The Labute approximate surface area is 143 Å². The van der Waals surface area contributed by atoms with Gasteiger partial charge in [0.25, 0.3) is 10.0 Å². The molecule has 1 saturated heterocycles. The molecule has 1 atom stereocenters. The quantitative estimate of drug-likeness (QED) is 0.790. The summed E-state index contributed by atoms with van der Waals surface area (Å²) in [5.74, 6) is 0. The van der Waals surface area contributed by atoms with Gasteiger partial charge in [-0.2, -0.15) is 4.31 Å². The fourth-order valence-electron chi connectivity index (χ4n) is 2.88. The van der Waals surface area contributed by atoms with E-state index in [1.165, 1.54) is 11.3 Å². The molecule has 0 N–H and O–H groups in total. The molecule has 22 heavy (non-hydrogen) atoms. The van der Waals surface area contributed by atoms with Gasteiger partial charge in [-0.15, -0.1) is 11.3 Å². The fraction of sp³-hybridized carbons (Fsp3) is 0.467. The van der Waals surface area contributed by atoms with E-state index in [-0.39, 0.29) is 0 Å². The second-order valence-corrected chi connectivity index (χ2v) is 10.0. The molecule has 3 rings (SSSR count). The molecule has 0 aliphatic carbocycles. The zero-order valence-corrected chi connectivity index (χ0v) is 16.1. The predicted octanol–water partition coefficient (Wildman–Crippen LogP) is 3.30. The van der Waals surface area contributed by atoms with Crippen LogP contribution in [-0.2, 0) is 10.0 Å². The molecular weight excluding hydrogens is 384 g/mol. The van der Waals surface area contributed by atoms with E-state index in [1.807, 2.05) is 39.2 Å². The van der Waals surface area contributed by atoms with Crippen LogP contribution in [0.15, 0.2) is 26.9 Å². The van der Waals surface area contributed by atoms with Gasteiger partial charge in [0.1, 0.15) is 4.21 Å². The fourth-order valence-corrected chi connectivity index (χ4v) is 6.62. The zero-order chi connectivity index (χ0) is 16.1. The van der Waals surface area contributed by atoms with Gasteiger partial charge in [-0.3, -0.25) is 0 Å². The third kappa shape index (κ3) is 2.73. The SMILES string of the molecule is Cc1c(S(=O)(=O)N2CC[C@@H](N(C)C)C2)sc2ccc(Br)cc12. The van der Waals surface area contributed by atoms with Gasteiger partial charge in [0.05, 0.1) is 0 Å². The Morgan fingerprint density at radius 1 is 1.36 bits per heavy atom. The highest BCUT2D eigenvalue weighted by molar-refractivity contribution is 9.10.